The molecule has 0 amide bonds. The molecule has 5 rings (SSSR count). The van der Waals surface area contributed by atoms with Gasteiger partial charge in [0.2, 0.25) is 10.0 Å². The highest BCUT2D eigenvalue weighted by molar-refractivity contribution is 7.89. The first-order valence-corrected chi connectivity index (χ1v) is 14.0. The van der Waals surface area contributed by atoms with Gasteiger partial charge in [0, 0.05) is 49.0 Å². The van der Waals surface area contributed by atoms with Crippen molar-refractivity contribution >= 4 is 26.3 Å². The molecular formula is C26H29N3O4S2. The van der Waals surface area contributed by atoms with Crippen molar-refractivity contribution in [2.75, 3.05) is 26.8 Å². The summed E-state index contributed by atoms with van der Waals surface area (Å²) in [5.41, 5.74) is 4.23. The van der Waals surface area contributed by atoms with Gasteiger partial charge < -0.3 is 9.47 Å². The Bertz CT molecular complexity index is 1390. The first-order chi connectivity index (χ1) is 16.9. The van der Waals surface area contributed by atoms with Crippen LogP contribution in [0.25, 0.3) is 16.2 Å². The maximum absolute atomic E-state index is 13.6. The van der Waals surface area contributed by atoms with E-state index < -0.39 is 10.0 Å². The average Bonchev–Trinajstić information content (AvgIpc) is 3.61. The number of hydrogen-bond donors (Lipinski definition) is 0. The van der Waals surface area contributed by atoms with Gasteiger partial charge in [-0.1, -0.05) is 29.8 Å². The molecule has 1 unspecified atom stereocenters. The van der Waals surface area contributed by atoms with Crippen LogP contribution in [-0.4, -0.2) is 55.0 Å². The van der Waals surface area contributed by atoms with Crippen molar-refractivity contribution in [2.45, 2.75) is 37.2 Å². The van der Waals surface area contributed by atoms with Crippen molar-refractivity contribution in [3.05, 3.63) is 71.4 Å². The fourth-order valence-electron chi connectivity index (χ4n) is 4.33. The number of imidazole rings is 1. The molecule has 0 N–H and O–H groups in total. The predicted molar refractivity (Wildman–Crippen MR) is 138 cm³/mol. The summed E-state index contributed by atoms with van der Waals surface area (Å²) in [7, 11) is -2.12. The number of benzene rings is 2. The molecule has 1 aliphatic heterocycles. The van der Waals surface area contributed by atoms with Crippen LogP contribution in [0, 0.1) is 6.92 Å². The minimum atomic E-state index is -3.69. The Labute approximate surface area is 210 Å². The van der Waals surface area contributed by atoms with E-state index in [4.69, 9.17) is 14.5 Å². The quantitative estimate of drug-likeness (QED) is 0.323. The van der Waals surface area contributed by atoms with E-state index in [0.29, 0.717) is 31.9 Å². The Morgan fingerprint density at radius 3 is 2.63 bits per heavy atom. The van der Waals surface area contributed by atoms with Crippen molar-refractivity contribution in [3.8, 4) is 17.0 Å². The van der Waals surface area contributed by atoms with Gasteiger partial charge in [0.15, 0.2) is 4.96 Å². The van der Waals surface area contributed by atoms with Crippen LogP contribution in [-0.2, 0) is 21.2 Å². The number of fused-ring (bicyclic) bond motifs is 1. The third-order valence-electron chi connectivity index (χ3n) is 6.38. The zero-order chi connectivity index (χ0) is 24.4. The Hall–Kier alpha value is -2.72. The highest BCUT2D eigenvalue weighted by Crippen LogP contribution is 2.26. The Morgan fingerprint density at radius 2 is 1.94 bits per heavy atom. The molecule has 9 heteroatoms. The van der Waals surface area contributed by atoms with Gasteiger partial charge in [0.1, 0.15) is 5.75 Å². The summed E-state index contributed by atoms with van der Waals surface area (Å²) in [4.78, 5) is 5.94. The van der Waals surface area contributed by atoms with Crippen molar-refractivity contribution in [1.29, 1.82) is 0 Å². The molecule has 1 atom stereocenters. The molecule has 1 fully saturated rings. The summed E-state index contributed by atoms with van der Waals surface area (Å²) < 4.78 is 41.8. The van der Waals surface area contributed by atoms with E-state index in [1.807, 2.05) is 6.20 Å². The topological polar surface area (TPSA) is 73.1 Å². The molecule has 1 saturated heterocycles. The van der Waals surface area contributed by atoms with E-state index in [0.717, 1.165) is 34.8 Å². The lowest BCUT2D eigenvalue weighted by atomic mass is 10.1. The zero-order valence-corrected chi connectivity index (χ0v) is 21.5. The molecule has 4 aromatic rings. The number of sulfonamides is 1. The number of methoxy groups -OCH3 is 1. The number of hydrogen-bond acceptors (Lipinski definition) is 6. The highest BCUT2D eigenvalue weighted by atomic mass is 32.2. The largest absolute Gasteiger partial charge is 0.497 e. The standard InChI is InChI=1S/C26H29N3O4S2/c1-19-5-7-20(8-6-19)25-17-29-21(18-34-26(29)27-25)13-14-28(16-23-4-3-15-33-23)35(30,31)24-11-9-22(32-2)10-12-24/h5-12,17-18,23H,3-4,13-16H2,1-2H3. The number of nitrogens with zero attached hydrogens (tertiary/aromatic N) is 3. The van der Waals surface area contributed by atoms with Crippen molar-refractivity contribution in [1.82, 2.24) is 13.7 Å². The lowest BCUT2D eigenvalue weighted by molar-refractivity contribution is 0.0939. The van der Waals surface area contributed by atoms with Gasteiger partial charge in [-0.05, 0) is 44.0 Å². The molecule has 0 bridgehead atoms. The zero-order valence-electron chi connectivity index (χ0n) is 19.9. The summed E-state index contributed by atoms with van der Waals surface area (Å²) in [6, 6.07) is 14.9. The second-order valence-electron chi connectivity index (χ2n) is 8.80. The van der Waals surface area contributed by atoms with Gasteiger partial charge in [0.05, 0.1) is 23.8 Å². The van der Waals surface area contributed by atoms with E-state index in [2.05, 4.69) is 41.0 Å². The first kappa shape index (κ1) is 24.0. The SMILES string of the molecule is COc1ccc(S(=O)(=O)N(CCc2csc3nc(-c4ccc(C)cc4)cn23)CC2CCCO2)cc1. The number of rotatable bonds is 9. The fourth-order valence-corrected chi connectivity index (χ4v) is 6.71. The van der Waals surface area contributed by atoms with Crippen LogP contribution in [0.5, 0.6) is 5.75 Å². The van der Waals surface area contributed by atoms with Crippen LogP contribution in [0.3, 0.4) is 0 Å². The third-order valence-corrected chi connectivity index (χ3v) is 9.14. The van der Waals surface area contributed by atoms with E-state index in [-0.39, 0.29) is 11.0 Å². The smallest absolute Gasteiger partial charge is 0.243 e. The second-order valence-corrected chi connectivity index (χ2v) is 11.6. The summed E-state index contributed by atoms with van der Waals surface area (Å²) in [6.45, 7) is 3.46. The maximum Gasteiger partial charge on any atom is 0.243 e. The maximum atomic E-state index is 13.6. The first-order valence-electron chi connectivity index (χ1n) is 11.7. The Kier molecular flexibility index (Phi) is 6.93. The van der Waals surface area contributed by atoms with Gasteiger partial charge in [-0.25, -0.2) is 13.4 Å². The normalized spacial score (nSPS) is 16.4. The molecule has 2 aromatic heterocycles. The third kappa shape index (κ3) is 5.13. The second kappa shape index (κ2) is 10.1. The summed E-state index contributed by atoms with van der Waals surface area (Å²) in [5, 5.41) is 2.06. The molecule has 3 heterocycles. The number of ether oxygens (including phenoxy) is 2. The van der Waals surface area contributed by atoms with E-state index >= 15 is 0 Å². The predicted octanol–water partition coefficient (Wildman–Crippen LogP) is 4.79. The number of aromatic nitrogens is 2. The summed E-state index contributed by atoms with van der Waals surface area (Å²) in [6.07, 6.45) is 4.37. The van der Waals surface area contributed by atoms with Gasteiger partial charge >= 0.3 is 0 Å². The van der Waals surface area contributed by atoms with E-state index in [1.165, 1.54) is 5.56 Å². The minimum Gasteiger partial charge on any atom is -0.497 e. The lowest BCUT2D eigenvalue weighted by Gasteiger charge is -2.25. The van der Waals surface area contributed by atoms with Crippen LogP contribution >= 0.6 is 11.3 Å². The monoisotopic (exact) mass is 511 g/mol. The van der Waals surface area contributed by atoms with E-state index in [1.54, 1.807) is 47.0 Å². The van der Waals surface area contributed by atoms with Crippen LogP contribution in [0.15, 0.2) is 65.0 Å². The molecule has 1 aliphatic rings. The molecular weight excluding hydrogens is 482 g/mol. The molecule has 35 heavy (non-hydrogen) atoms. The van der Waals surface area contributed by atoms with E-state index in [9.17, 15) is 8.42 Å². The van der Waals surface area contributed by atoms with Crippen LogP contribution in [0.1, 0.15) is 24.1 Å². The van der Waals surface area contributed by atoms with Gasteiger partial charge in [-0.15, -0.1) is 11.3 Å². The van der Waals surface area contributed by atoms with Crippen LogP contribution in [0.4, 0.5) is 0 Å². The number of thiazole rings is 1. The van der Waals surface area contributed by atoms with Crippen LogP contribution in [0.2, 0.25) is 0 Å². The molecule has 0 spiro atoms. The Balaban J connectivity index is 1.38. The van der Waals surface area contributed by atoms with Crippen molar-refractivity contribution in [2.24, 2.45) is 0 Å². The highest BCUT2D eigenvalue weighted by Gasteiger charge is 2.29. The minimum absolute atomic E-state index is 0.0769. The summed E-state index contributed by atoms with van der Waals surface area (Å²) >= 11 is 1.57. The van der Waals surface area contributed by atoms with Crippen LogP contribution < -0.4 is 4.74 Å². The molecule has 0 radical (unpaired) electrons. The number of aryl methyl sites for hydroxylation is 1. The molecule has 2 aromatic carbocycles. The Morgan fingerprint density at radius 1 is 1.17 bits per heavy atom. The molecule has 184 valence electrons. The molecule has 0 aliphatic carbocycles. The molecule has 7 nitrogen and oxygen atoms in total. The fraction of sp³-hybridized carbons (Fsp3) is 0.346. The van der Waals surface area contributed by atoms with Gasteiger partial charge in [-0.3, -0.25) is 4.40 Å². The van der Waals surface area contributed by atoms with Gasteiger partial charge in [-0.2, -0.15) is 4.31 Å². The molecule has 0 saturated carbocycles. The average molecular weight is 512 g/mol. The summed E-state index contributed by atoms with van der Waals surface area (Å²) in [5.74, 6) is 0.625. The van der Waals surface area contributed by atoms with Gasteiger partial charge in [0.25, 0.3) is 0 Å². The lowest BCUT2D eigenvalue weighted by Crippen LogP contribution is -2.38. The van der Waals surface area contributed by atoms with Crippen molar-refractivity contribution in [3.63, 3.8) is 0 Å². The van der Waals surface area contributed by atoms with Crippen molar-refractivity contribution < 1.29 is 17.9 Å².